The molecule has 0 aromatic carbocycles. The lowest BCUT2D eigenvalue weighted by Gasteiger charge is -2.56. The molecule has 9 rings (SSSR count). The lowest BCUT2D eigenvalue weighted by Crippen LogP contribution is -2.52. The second-order valence-electron chi connectivity index (χ2n) is 16.2. The number of ether oxygens (including phenoxy) is 3. The van der Waals surface area contributed by atoms with Crippen LogP contribution in [0.25, 0.3) is 5.65 Å². The number of alkyl halides is 2. The van der Waals surface area contributed by atoms with Gasteiger partial charge in [0.25, 0.3) is 12.3 Å². The Labute approximate surface area is 315 Å². The number of carbonyl (C=O) groups excluding carboxylic acids is 1. The summed E-state index contributed by atoms with van der Waals surface area (Å²) in [6.45, 7) is 6.37. The first kappa shape index (κ1) is 37.6. The van der Waals surface area contributed by atoms with E-state index in [-0.39, 0.29) is 29.7 Å². The number of nitrogens with one attached hydrogen (secondary N) is 2. The van der Waals surface area contributed by atoms with Gasteiger partial charge in [-0.3, -0.25) is 14.3 Å². The molecular formula is C38H55F2N9O5. The quantitative estimate of drug-likeness (QED) is 0.108. The van der Waals surface area contributed by atoms with E-state index in [0.29, 0.717) is 38.0 Å². The molecule has 0 atom stereocenters. The first-order chi connectivity index (χ1) is 26.3. The van der Waals surface area contributed by atoms with Crippen LogP contribution in [0, 0.1) is 23.7 Å². The van der Waals surface area contributed by atoms with Crippen molar-refractivity contribution in [3.63, 3.8) is 0 Å². The van der Waals surface area contributed by atoms with Crippen molar-refractivity contribution >= 4 is 23.1 Å². The zero-order valence-corrected chi connectivity index (χ0v) is 31.3. The summed E-state index contributed by atoms with van der Waals surface area (Å²) in [4.78, 5) is 26.0. The molecule has 6 aliphatic rings. The van der Waals surface area contributed by atoms with Crippen molar-refractivity contribution in [2.75, 3.05) is 83.2 Å². The first-order valence-corrected chi connectivity index (χ1v) is 19.9. The lowest BCUT2D eigenvalue weighted by atomic mass is 9.54. The van der Waals surface area contributed by atoms with Crippen LogP contribution in [0.1, 0.15) is 92.7 Å². The molecule has 0 unspecified atom stereocenters. The largest absolute Gasteiger partial charge is 0.377 e. The van der Waals surface area contributed by atoms with Crippen LogP contribution in [0.4, 0.5) is 20.3 Å². The second-order valence-corrected chi connectivity index (χ2v) is 16.2. The van der Waals surface area contributed by atoms with Gasteiger partial charge in [0, 0.05) is 52.2 Å². The van der Waals surface area contributed by atoms with Gasteiger partial charge < -0.3 is 29.7 Å². The Morgan fingerprint density at radius 1 is 1.02 bits per heavy atom. The molecule has 0 spiro atoms. The van der Waals surface area contributed by atoms with Gasteiger partial charge in [0.1, 0.15) is 11.4 Å². The Morgan fingerprint density at radius 3 is 2.44 bits per heavy atom. The number of hydrogen-bond donors (Lipinski definition) is 2. The van der Waals surface area contributed by atoms with Gasteiger partial charge in [-0.1, -0.05) is 0 Å². The fourth-order valence-corrected chi connectivity index (χ4v) is 10.1. The molecule has 3 aromatic rings. The van der Waals surface area contributed by atoms with Crippen LogP contribution in [0.2, 0.25) is 0 Å². The van der Waals surface area contributed by atoms with Crippen LogP contribution in [-0.4, -0.2) is 114 Å². The summed E-state index contributed by atoms with van der Waals surface area (Å²) < 4.78 is 49.2. The zero-order valence-electron chi connectivity index (χ0n) is 31.3. The third-order valence-corrected chi connectivity index (χ3v) is 12.3. The van der Waals surface area contributed by atoms with Gasteiger partial charge in [-0.25, -0.2) is 18.3 Å². The summed E-state index contributed by atoms with van der Waals surface area (Å²) in [5.74, 6) is 3.22. The van der Waals surface area contributed by atoms with E-state index < -0.39 is 18.0 Å². The molecule has 1 saturated heterocycles. The highest BCUT2D eigenvalue weighted by Crippen LogP contribution is 2.57. The number of nitrogens with zero attached hydrogens (tertiary/aromatic N) is 7. The molecule has 5 aliphatic carbocycles. The maximum absolute atomic E-state index is 14.1. The van der Waals surface area contributed by atoms with Crippen molar-refractivity contribution in [2.24, 2.45) is 23.7 Å². The number of fused-ring (bicyclic) bond motifs is 1. The molecule has 2 N–H and O–H groups in total. The number of carbonyl (C=O) groups is 1. The topological polar surface area (TPSA) is 133 Å². The van der Waals surface area contributed by atoms with Gasteiger partial charge in [-0.2, -0.15) is 15.3 Å². The van der Waals surface area contributed by atoms with Crippen LogP contribution in [0.15, 0.2) is 24.7 Å². The first-order valence-electron chi connectivity index (χ1n) is 19.9. The second kappa shape index (κ2) is 16.8. The van der Waals surface area contributed by atoms with Crippen molar-refractivity contribution < 1.29 is 32.6 Å². The van der Waals surface area contributed by atoms with Gasteiger partial charge in [0.2, 0.25) is 0 Å². The van der Waals surface area contributed by atoms with Crippen LogP contribution in [-0.2, 0) is 19.0 Å². The molecule has 296 valence electrons. The smallest absolute Gasteiger partial charge is 0.284 e. The molecule has 1 aliphatic heterocycles. The van der Waals surface area contributed by atoms with E-state index in [1.807, 2.05) is 18.2 Å². The van der Waals surface area contributed by atoms with Crippen LogP contribution in [0.3, 0.4) is 0 Å². The number of amides is 1. The highest BCUT2D eigenvalue weighted by atomic mass is 19.3. The number of hydrogen-bond acceptors (Lipinski definition) is 11. The standard InChI is InChI=1S/C38H55F2N9O5/c1-46(54-25-52-13-12-51-14-15-53-38-19-27-16-28(20-38)18-29(17-27)21-38)23-26-2-4-30(5-3-26)49-24-32(34(45-49)35(39)40)43-37(50)31-22-42-48-9-6-33(44-36(31)48)47-10-7-41-8-11-47/h6,9,22,24,26-30,35,41H,2-5,7-8,10-21,23,25H2,1H3,(H,43,50). The summed E-state index contributed by atoms with van der Waals surface area (Å²) in [7, 11) is 1.90. The van der Waals surface area contributed by atoms with Crippen molar-refractivity contribution in [1.82, 2.24) is 34.8 Å². The molecule has 54 heavy (non-hydrogen) atoms. The van der Waals surface area contributed by atoms with Gasteiger partial charge in [-0.05, 0) is 93.9 Å². The van der Waals surface area contributed by atoms with Crippen molar-refractivity contribution in [3.05, 3.63) is 35.9 Å². The van der Waals surface area contributed by atoms with Gasteiger partial charge >= 0.3 is 0 Å². The van der Waals surface area contributed by atoms with E-state index in [9.17, 15) is 13.6 Å². The number of piperazine rings is 1. The van der Waals surface area contributed by atoms with E-state index in [0.717, 1.165) is 82.0 Å². The van der Waals surface area contributed by atoms with Crippen molar-refractivity contribution in [2.45, 2.75) is 82.3 Å². The molecule has 5 saturated carbocycles. The van der Waals surface area contributed by atoms with Crippen LogP contribution >= 0.6 is 0 Å². The van der Waals surface area contributed by atoms with E-state index in [4.69, 9.17) is 19.0 Å². The number of hydroxylamine groups is 2. The minimum atomic E-state index is -2.84. The Hall–Kier alpha value is -3.28. The number of rotatable bonds is 17. The summed E-state index contributed by atoms with van der Waals surface area (Å²) >= 11 is 0. The van der Waals surface area contributed by atoms with Crippen molar-refractivity contribution in [1.29, 1.82) is 0 Å². The predicted molar refractivity (Wildman–Crippen MR) is 196 cm³/mol. The van der Waals surface area contributed by atoms with Crippen LogP contribution < -0.4 is 15.5 Å². The fourth-order valence-electron chi connectivity index (χ4n) is 10.1. The monoisotopic (exact) mass is 755 g/mol. The highest BCUT2D eigenvalue weighted by molar-refractivity contribution is 6.08. The third kappa shape index (κ3) is 8.73. The van der Waals surface area contributed by atoms with Gasteiger partial charge in [-0.15, -0.1) is 0 Å². The Bertz CT molecular complexity index is 1670. The fraction of sp³-hybridized carbons (Fsp3) is 0.737. The average Bonchev–Trinajstić information content (AvgIpc) is 3.79. The molecule has 0 radical (unpaired) electrons. The minimum absolute atomic E-state index is 0.000813. The van der Waals surface area contributed by atoms with Gasteiger partial charge in [0.05, 0.1) is 50.0 Å². The molecular weight excluding hydrogens is 700 g/mol. The Balaban J connectivity index is 0.737. The van der Waals surface area contributed by atoms with E-state index in [1.54, 1.807) is 10.9 Å². The molecule has 6 fully saturated rings. The maximum Gasteiger partial charge on any atom is 0.284 e. The summed E-state index contributed by atoms with van der Waals surface area (Å²) in [5, 5.41) is 16.3. The molecule has 3 aromatic heterocycles. The highest BCUT2D eigenvalue weighted by Gasteiger charge is 2.51. The predicted octanol–water partition coefficient (Wildman–Crippen LogP) is 5.10. The zero-order chi connectivity index (χ0) is 37.1. The SMILES string of the molecule is CN(CC1CCC(n2cc(NC(=O)c3cnn4ccc(N5CCNCC5)nc34)c(C(F)F)n2)CC1)OCOCCOCCOC12CC3CC(CC(C3)C1)C2. The molecule has 14 nitrogen and oxygen atoms in total. The summed E-state index contributed by atoms with van der Waals surface area (Å²) in [5.41, 5.74) is 0.252. The normalized spacial score (nSPS) is 28.2. The number of anilines is 2. The number of aromatic nitrogens is 5. The average molecular weight is 756 g/mol. The Morgan fingerprint density at radius 2 is 1.72 bits per heavy atom. The van der Waals surface area contributed by atoms with Crippen LogP contribution in [0.5, 0.6) is 0 Å². The van der Waals surface area contributed by atoms with E-state index in [1.165, 1.54) is 55.4 Å². The molecule has 4 bridgehead atoms. The van der Waals surface area contributed by atoms with Gasteiger partial charge in [0.15, 0.2) is 18.1 Å². The summed E-state index contributed by atoms with van der Waals surface area (Å²) in [6, 6.07) is 1.81. The Kier molecular flexibility index (Phi) is 11.7. The van der Waals surface area contributed by atoms with E-state index in [2.05, 4.69) is 30.7 Å². The number of halogens is 2. The molecule has 1 amide bonds. The lowest BCUT2D eigenvalue weighted by molar-refractivity contribution is -0.220. The maximum atomic E-state index is 14.1. The van der Waals surface area contributed by atoms with E-state index >= 15 is 0 Å². The molecule has 4 heterocycles. The summed E-state index contributed by atoms with van der Waals surface area (Å²) in [6.07, 6.45) is 13.2. The minimum Gasteiger partial charge on any atom is -0.377 e. The third-order valence-electron chi connectivity index (χ3n) is 12.3. The molecule has 16 heteroatoms. The van der Waals surface area contributed by atoms with Crippen molar-refractivity contribution in [3.8, 4) is 0 Å².